The first-order valence-corrected chi connectivity index (χ1v) is 8.52. The van der Waals surface area contributed by atoms with E-state index in [0.29, 0.717) is 22.1 Å². The molecule has 25 heavy (non-hydrogen) atoms. The van der Waals surface area contributed by atoms with Crippen LogP contribution in [0.3, 0.4) is 0 Å². The molecule has 0 unspecified atom stereocenters. The highest BCUT2D eigenvalue weighted by Crippen LogP contribution is 2.30. The van der Waals surface area contributed by atoms with E-state index in [1.54, 1.807) is 12.4 Å². The largest absolute Gasteiger partial charge is 0.311 e. The van der Waals surface area contributed by atoms with Crippen LogP contribution in [0, 0.1) is 0 Å². The third-order valence-electron chi connectivity index (χ3n) is 4.21. The predicted molar refractivity (Wildman–Crippen MR) is 108 cm³/mol. The molecule has 0 radical (unpaired) electrons. The molecule has 8 heteroatoms. The summed E-state index contributed by atoms with van der Waals surface area (Å²) in [6.45, 7) is 6.29. The molecule has 4 nitrogen and oxygen atoms in total. The molecule has 0 aromatic carbocycles. The summed E-state index contributed by atoms with van der Waals surface area (Å²) in [7, 11) is 0. The Hall–Kier alpha value is -0.620. The van der Waals surface area contributed by atoms with Gasteiger partial charge in [-0.1, -0.05) is 23.2 Å². The van der Waals surface area contributed by atoms with Gasteiger partial charge in [-0.15, -0.1) is 24.8 Å². The lowest BCUT2D eigenvalue weighted by Gasteiger charge is -2.42. The molecule has 1 saturated heterocycles. The first-order chi connectivity index (χ1) is 11.0. The monoisotopic (exact) mass is 422 g/mol. The van der Waals surface area contributed by atoms with Gasteiger partial charge in [0.05, 0.1) is 27.5 Å². The van der Waals surface area contributed by atoms with Crippen LogP contribution in [0.5, 0.6) is 0 Å². The topological polar surface area (TPSA) is 41.0 Å². The van der Waals surface area contributed by atoms with Crippen LogP contribution in [-0.2, 0) is 0 Å². The minimum Gasteiger partial charge on any atom is -0.311 e. The highest BCUT2D eigenvalue weighted by Gasteiger charge is 2.32. The second-order valence-corrected chi connectivity index (χ2v) is 6.93. The first-order valence-electron chi connectivity index (χ1n) is 7.76. The maximum absolute atomic E-state index is 6.00. The van der Waals surface area contributed by atoms with Crippen LogP contribution < -0.4 is 5.32 Å². The predicted octanol–water partition coefficient (Wildman–Crippen LogP) is 4.40. The lowest BCUT2D eigenvalue weighted by atomic mass is 10.0. The minimum atomic E-state index is -0.0101. The van der Waals surface area contributed by atoms with E-state index < -0.39 is 0 Å². The van der Waals surface area contributed by atoms with Crippen molar-refractivity contribution in [1.29, 1.82) is 0 Å². The Morgan fingerprint density at radius 2 is 1.52 bits per heavy atom. The van der Waals surface area contributed by atoms with Gasteiger partial charge in [0.1, 0.15) is 0 Å². The van der Waals surface area contributed by atoms with E-state index in [2.05, 4.69) is 34.0 Å². The molecule has 0 amide bonds. The molecule has 1 N–H and O–H groups in total. The SMILES string of the molecule is C[C@@H]1CN[C@@H](C)CN1C(c1ccc(Cl)cn1)c1ccc(Cl)cn1.Cl.Cl. The number of hydrogen-bond acceptors (Lipinski definition) is 4. The Morgan fingerprint density at radius 3 is 1.96 bits per heavy atom. The Morgan fingerprint density at radius 1 is 1.00 bits per heavy atom. The van der Waals surface area contributed by atoms with E-state index in [4.69, 9.17) is 23.2 Å². The molecule has 2 aromatic heterocycles. The van der Waals surface area contributed by atoms with Crippen LogP contribution in [0.2, 0.25) is 10.0 Å². The van der Waals surface area contributed by atoms with Gasteiger partial charge in [-0.3, -0.25) is 14.9 Å². The average Bonchev–Trinajstić information content (AvgIpc) is 2.54. The lowest BCUT2D eigenvalue weighted by Crippen LogP contribution is -2.55. The summed E-state index contributed by atoms with van der Waals surface area (Å²) < 4.78 is 0. The van der Waals surface area contributed by atoms with Crippen LogP contribution in [-0.4, -0.2) is 40.0 Å². The van der Waals surface area contributed by atoms with E-state index in [-0.39, 0.29) is 30.9 Å². The maximum Gasteiger partial charge on any atom is 0.0953 e. The number of rotatable bonds is 3. The van der Waals surface area contributed by atoms with Gasteiger partial charge < -0.3 is 5.32 Å². The molecule has 0 saturated carbocycles. The molecule has 1 aliphatic rings. The second-order valence-electron chi connectivity index (χ2n) is 6.06. The average molecular weight is 424 g/mol. The van der Waals surface area contributed by atoms with Crippen molar-refractivity contribution < 1.29 is 0 Å². The van der Waals surface area contributed by atoms with Gasteiger partial charge >= 0.3 is 0 Å². The quantitative estimate of drug-likeness (QED) is 0.794. The molecular weight excluding hydrogens is 402 g/mol. The van der Waals surface area contributed by atoms with Gasteiger partial charge in [-0.2, -0.15) is 0 Å². The van der Waals surface area contributed by atoms with E-state index >= 15 is 0 Å². The number of halogens is 4. The minimum absolute atomic E-state index is 0. The number of nitrogens with one attached hydrogen (secondary N) is 1. The van der Waals surface area contributed by atoms with E-state index in [9.17, 15) is 0 Å². The number of nitrogens with zero attached hydrogens (tertiary/aromatic N) is 3. The fourth-order valence-electron chi connectivity index (χ4n) is 3.00. The van der Waals surface area contributed by atoms with Crippen LogP contribution in [0.4, 0.5) is 0 Å². The van der Waals surface area contributed by atoms with Crippen LogP contribution in [0.1, 0.15) is 31.3 Å². The number of piperazine rings is 1. The third kappa shape index (κ3) is 5.43. The lowest BCUT2D eigenvalue weighted by molar-refractivity contribution is 0.109. The van der Waals surface area contributed by atoms with Crippen LogP contribution >= 0.6 is 48.0 Å². The zero-order valence-electron chi connectivity index (χ0n) is 14.0. The molecule has 0 bridgehead atoms. The molecule has 3 heterocycles. The van der Waals surface area contributed by atoms with Gasteiger partial charge in [-0.05, 0) is 38.1 Å². The maximum atomic E-state index is 6.00. The molecule has 0 aliphatic carbocycles. The summed E-state index contributed by atoms with van der Waals surface area (Å²) in [6, 6.07) is 8.50. The Balaban J connectivity index is 0.00000156. The van der Waals surface area contributed by atoms with Gasteiger partial charge in [0.2, 0.25) is 0 Å². The molecule has 3 rings (SSSR count). The number of hydrogen-bond donors (Lipinski definition) is 1. The van der Waals surface area contributed by atoms with Gasteiger partial charge in [0, 0.05) is 37.6 Å². The fraction of sp³-hybridized carbons (Fsp3) is 0.412. The third-order valence-corrected chi connectivity index (χ3v) is 4.65. The summed E-state index contributed by atoms with van der Waals surface area (Å²) in [5.41, 5.74) is 1.90. The normalized spacial score (nSPS) is 20.7. The summed E-state index contributed by atoms with van der Waals surface area (Å²) in [5.74, 6) is 0. The standard InChI is InChI=1S/C17H20Cl2N4.2ClH/c1-11-10-23(12(2)7-20-11)17(15-5-3-13(18)8-21-15)16-6-4-14(19)9-22-16;;/h3-6,8-9,11-12,17,20H,7,10H2,1-2H3;2*1H/t11-,12+;;/m0../s1. The van der Waals surface area contributed by atoms with Crippen molar-refractivity contribution in [3.05, 3.63) is 58.1 Å². The van der Waals surface area contributed by atoms with Gasteiger partial charge in [0.25, 0.3) is 0 Å². The Kier molecular flexibility index (Phi) is 8.89. The van der Waals surface area contributed by atoms with Crippen LogP contribution in [0.15, 0.2) is 36.7 Å². The first kappa shape index (κ1) is 22.4. The molecule has 2 aromatic rings. The zero-order chi connectivity index (χ0) is 16.4. The Labute approximate surface area is 171 Å². The molecule has 1 aliphatic heterocycles. The second kappa shape index (κ2) is 9.91. The smallest absolute Gasteiger partial charge is 0.0953 e. The fourth-order valence-corrected chi connectivity index (χ4v) is 3.22. The van der Waals surface area contributed by atoms with Crippen molar-refractivity contribution in [2.75, 3.05) is 13.1 Å². The van der Waals surface area contributed by atoms with E-state index in [1.807, 2.05) is 24.3 Å². The van der Waals surface area contributed by atoms with Crippen molar-refractivity contribution in [3.63, 3.8) is 0 Å². The van der Waals surface area contributed by atoms with Crippen molar-refractivity contribution in [1.82, 2.24) is 20.2 Å². The highest BCUT2D eigenvalue weighted by molar-refractivity contribution is 6.30. The summed E-state index contributed by atoms with van der Waals surface area (Å²) in [4.78, 5) is 11.5. The summed E-state index contributed by atoms with van der Waals surface area (Å²) in [6.07, 6.45) is 3.38. The van der Waals surface area contributed by atoms with E-state index in [1.165, 1.54) is 0 Å². The van der Waals surface area contributed by atoms with Gasteiger partial charge in [0.15, 0.2) is 0 Å². The van der Waals surface area contributed by atoms with Gasteiger partial charge in [-0.25, -0.2) is 0 Å². The molecule has 1 fully saturated rings. The Bertz CT molecular complexity index is 605. The molecular formula is C17H22Cl4N4. The summed E-state index contributed by atoms with van der Waals surface area (Å²) >= 11 is 12.0. The number of pyridine rings is 2. The van der Waals surface area contributed by atoms with Crippen molar-refractivity contribution >= 4 is 48.0 Å². The zero-order valence-corrected chi connectivity index (χ0v) is 17.2. The molecule has 0 spiro atoms. The number of aromatic nitrogens is 2. The van der Waals surface area contributed by atoms with Crippen molar-refractivity contribution in [2.45, 2.75) is 32.0 Å². The summed E-state index contributed by atoms with van der Waals surface area (Å²) in [5, 5.41) is 4.79. The van der Waals surface area contributed by atoms with Crippen LogP contribution in [0.25, 0.3) is 0 Å². The molecule has 2 atom stereocenters. The van der Waals surface area contributed by atoms with E-state index in [0.717, 1.165) is 24.5 Å². The van der Waals surface area contributed by atoms with Crippen molar-refractivity contribution in [2.24, 2.45) is 0 Å². The van der Waals surface area contributed by atoms with Crippen molar-refractivity contribution in [3.8, 4) is 0 Å². The molecule has 138 valence electrons. The highest BCUT2D eigenvalue weighted by atomic mass is 35.5.